The van der Waals surface area contributed by atoms with Crippen molar-refractivity contribution >= 4 is 0 Å². The van der Waals surface area contributed by atoms with Crippen LogP contribution in [0, 0.1) is 11.3 Å². The minimum Gasteiger partial charge on any atom is -0.0790 e. The average molecular weight is 299 g/mol. The monoisotopic (exact) mass is 298 g/mol. The van der Waals surface area contributed by atoms with Crippen molar-refractivity contribution in [2.45, 2.75) is 67.7 Å². The Kier molecular flexibility index (Phi) is 7.13. The van der Waals surface area contributed by atoms with Crippen LogP contribution >= 0.6 is 0 Å². The Morgan fingerprint density at radius 3 is 2.36 bits per heavy atom. The molecule has 0 spiro atoms. The van der Waals surface area contributed by atoms with Gasteiger partial charge in [-0.2, -0.15) is 0 Å². The van der Waals surface area contributed by atoms with Gasteiger partial charge >= 0.3 is 0 Å². The van der Waals surface area contributed by atoms with Crippen LogP contribution < -0.4 is 0 Å². The highest BCUT2D eigenvalue weighted by atomic mass is 14.3. The maximum atomic E-state index is 2.37. The van der Waals surface area contributed by atoms with Crippen LogP contribution in [-0.2, 0) is 0 Å². The maximum Gasteiger partial charge on any atom is -0.0104 e. The lowest BCUT2D eigenvalue weighted by molar-refractivity contribution is 0.377. The molecule has 1 aliphatic rings. The van der Waals surface area contributed by atoms with Gasteiger partial charge in [-0.3, -0.25) is 0 Å². The largest absolute Gasteiger partial charge is 0.0790 e. The summed E-state index contributed by atoms with van der Waals surface area (Å²) >= 11 is 0. The Bertz CT molecular complexity index is 516. The van der Waals surface area contributed by atoms with Crippen LogP contribution in [0.3, 0.4) is 0 Å². The smallest absolute Gasteiger partial charge is 0.0104 e. The minimum atomic E-state index is 0.325. The highest BCUT2D eigenvalue weighted by molar-refractivity contribution is 5.37. The van der Waals surface area contributed by atoms with Gasteiger partial charge in [-0.15, -0.1) is 0 Å². The van der Waals surface area contributed by atoms with Crippen LogP contribution in [0.25, 0.3) is 0 Å². The summed E-state index contributed by atoms with van der Waals surface area (Å²) < 4.78 is 0. The van der Waals surface area contributed by atoms with Crippen molar-refractivity contribution in [2.75, 3.05) is 0 Å². The number of allylic oxidation sites excluding steroid dienone is 10. The first-order valence-electron chi connectivity index (χ1n) is 8.64. The molecule has 0 aromatic rings. The fourth-order valence-electron chi connectivity index (χ4n) is 3.21. The molecule has 0 heterocycles. The van der Waals surface area contributed by atoms with E-state index in [1.807, 2.05) is 0 Å². The van der Waals surface area contributed by atoms with Crippen LogP contribution in [-0.4, -0.2) is 0 Å². The minimum absolute atomic E-state index is 0.325. The molecule has 0 atom stereocenters. The number of rotatable bonds is 5. The molecular formula is C22H34. The molecule has 0 aromatic carbocycles. The van der Waals surface area contributed by atoms with Crippen molar-refractivity contribution in [1.29, 1.82) is 0 Å². The van der Waals surface area contributed by atoms with Crippen molar-refractivity contribution in [2.24, 2.45) is 11.3 Å². The molecule has 22 heavy (non-hydrogen) atoms. The first-order chi connectivity index (χ1) is 10.2. The standard InChI is InChI=1S/C22H34/c1-17(2)16-19(4)11-8-10-18(3)13-14-21-20(5)12-9-15-22(21,6)7/h8,10-11,13-14,16-17H,9,12,15H2,1-7H3/b11-8+,14-13-,18-10+,19-16+. The van der Waals surface area contributed by atoms with Crippen molar-refractivity contribution in [3.8, 4) is 0 Å². The number of hydrogen-bond donors (Lipinski definition) is 0. The maximum absolute atomic E-state index is 2.37. The van der Waals surface area contributed by atoms with Crippen LogP contribution in [0.4, 0.5) is 0 Å². The summed E-state index contributed by atoms with van der Waals surface area (Å²) in [4.78, 5) is 0. The molecule has 0 aliphatic heterocycles. The third kappa shape index (κ3) is 6.22. The first kappa shape index (κ1) is 18.7. The van der Waals surface area contributed by atoms with Crippen LogP contribution in [0.15, 0.2) is 58.7 Å². The normalized spacial score (nSPS) is 20.7. The fraction of sp³-hybridized carbons (Fsp3) is 0.545. The Morgan fingerprint density at radius 2 is 1.77 bits per heavy atom. The van der Waals surface area contributed by atoms with Gasteiger partial charge in [0.05, 0.1) is 0 Å². The second-order valence-electron chi connectivity index (χ2n) is 7.69. The molecule has 0 saturated heterocycles. The van der Waals surface area contributed by atoms with Gasteiger partial charge in [0.25, 0.3) is 0 Å². The summed E-state index contributed by atoms with van der Waals surface area (Å²) in [5.74, 6) is 0.609. The van der Waals surface area contributed by atoms with Gasteiger partial charge in [-0.25, -0.2) is 0 Å². The molecule has 0 amide bonds. The topological polar surface area (TPSA) is 0 Å². The average Bonchev–Trinajstić information content (AvgIpc) is 2.36. The molecule has 0 saturated carbocycles. The molecule has 0 fully saturated rings. The van der Waals surface area contributed by atoms with E-state index in [2.05, 4.69) is 84.9 Å². The highest BCUT2D eigenvalue weighted by Gasteiger charge is 2.26. The molecule has 0 aromatic heterocycles. The zero-order chi connectivity index (χ0) is 16.8. The number of hydrogen-bond acceptors (Lipinski definition) is 0. The van der Waals surface area contributed by atoms with Crippen molar-refractivity contribution in [3.05, 3.63) is 58.7 Å². The van der Waals surface area contributed by atoms with Crippen LogP contribution in [0.2, 0.25) is 0 Å². The quantitative estimate of drug-likeness (QED) is 0.472. The fourth-order valence-corrected chi connectivity index (χ4v) is 3.21. The first-order valence-corrected chi connectivity index (χ1v) is 8.64. The lowest BCUT2D eigenvalue weighted by Gasteiger charge is -2.32. The van der Waals surface area contributed by atoms with Gasteiger partial charge in [0, 0.05) is 0 Å². The summed E-state index contributed by atoms with van der Waals surface area (Å²) in [7, 11) is 0. The van der Waals surface area contributed by atoms with E-state index in [4.69, 9.17) is 0 Å². The van der Waals surface area contributed by atoms with Gasteiger partial charge in [-0.1, -0.05) is 80.9 Å². The van der Waals surface area contributed by atoms with E-state index >= 15 is 0 Å². The Balaban J connectivity index is 2.77. The SMILES string of the molecule is CC1=C(\C=C/C(C)=C/C=C/C(C)=C/C(C)C)C(C)(C)CCC1. The third-order valence-corrected chi connectivity index (χ3v) is 4.37. The van der Waals surface area contributed by atoms with E-state index < -0.39 is 0 Å². The zero-order valence-corrected chi connectivity index (χ0v) is 15.7. The van der Waals surface area contributed by atoms with E-state index in [1.165, 1.54) is 36.0 Å². The summed E-state index contributed by atoms with van der Waals surface area (Å²) in [5, 5.41) is 0. The molecule has 0 nitrogen and oxygen atoms in total. The lowest BCUT2D eigenvalue weighted by atomic mass is 9.72. The third-order valence-electron chi connectivity index (χ3n) is 4.37. The molecule has 0 bridgehead atoms. The predicted octanol–water partition coefficient (Wildman–Crippen LogP) is 7.17. The Labute approximate surface area is 138 Å². The zero-order valence-electron chi connectivity index (χ0n) is 15.7. The van der Waals surface area contributed by atoms with E-state index in [0.29, 0.717) is 11.3 Å². The Morgan fingerprint density at radius 1 is 1.09 bits per heavy atom. The Hall–Kier alpha value is -1.30. The van der Waals surface area contributed by atoms with E-state index in [9.17, 15) is 0 Å². The van der Waals surface area contributed by atoms with Gasteiger partial charge < -0.3 is 0 Å². The molecule has 0 radical (unpaired) electrons. The molecule has 0 N–H and O–H groups in total. The molecule has 122 valence electrons. The molecule has 0 unspecified atom stereocenters. The van der Waals surface area contributed by atoms with Gasteiger partial charge in [-0.05, 0) is 56.9 Å². The summed E-state index contributed by atoms with van der Waals surface area (Å²) in [6.07, 6.45) is 17.3. The molecule has 1 rings (SSSR count). The predicted molar refractivity (Wildman–Crippen MR) is 101 cm³/mol. The lowest BCUT2D eigenvalue weighted by Crippen LogP contribution is -2.19. The van der Waals surface area contributed by atoms with Crippen LogP contribution in [0.1, 0.15) is 67.7 Å². The molecule has 0 heteroatoms. The van der Waals surface area contributed by atoms with Crippen molar-refractivity contribution in [3.63, 3.8) is 0 Å². The van der Waals surface area contributed by atoms with E-state index in [-0.39, 0.29) is 0 Å². The summed E-state index contributed by atoms with van der Waals surface area (Å²) in [6, 6.07) is 0. The van der Waals surface area contributed by atoms with E-state index in [0.717, 1.165) is 0 Å². The van der Waals surface area contributed by atoms with Gasteiger partial charge in [0.15, 0.2) is 0 Å². The summed E-state index contributed by atoms with van der Waals surface area (Å²) in [6.45, 7) is 15.8. The van der Waals surface area contributed by atoms with Crippen molar-refractivity contribution < 1.29 is 0 Å². The highest BCUT2D eigenvalue weighted by Crippen LogP contribution is 2.40. The van der Waals surface area contributed by atoms with Gasteiger partial charge in [0.2, 0.25) is 0 Å². The van der Waals surface area contributed by atoms with Crippen LogP contribution in [0.5, 0.6) is 0 Å². The van der Waals surface area contributed by atoms with Crippen molar-refractivity contribution in [1.82, 2.24) is 0 Å². The molecular weight excluding hydrogens is 264 g/mol. The second kappa shape index (κ2) is 8.36. The summed E-state index contributed by atoms with van der Waals surface area (Å²) in [5.41, 5.74) is 6.05. The second-order valence-corrected chi connectivity index (χ2v) is 7.69. The van der Waals surface area contributed by atoms with E-state index in [1.54, 1.807) is 5.57 Å². The van der Waals surface area contributed by atoms with Gasteiger partial charge in [0.1, 0.15) is 0 Å². The molecule has 1 aliphatic carbocycles.